The average Bonchev–Trinajstić information content (AvgIpc) is 2.38. The van der Waals surface area contributed by atoms with Crippen LogP contribution in [-0.4, -0.2) is 62.0 Å². The Labute approximate surface area is 109 Å². The lowest BCUT2D eigenvalue weighted by Crippen LogP contribution is -2.56. The lowest BCUT2D eigenvalue weighted by Gasteiger charge is -2.39. The van der Waals surface area contributed by atoms with E-state index in [0.717, 1.165) is 19.3 Å². The van der Waals surface area contributed by atoms with Crippen LogP contribution in [0, 0.1) is 0 Å². The first-order valence-electron chi connectivity index (χ1n) is 6.64. The van der Waals surface area contributed by atoms with E-state index in [2.05, 4.69) is 0 Å². The number of ether oxygens (including phenoxy) is 1. The molecule has 2 atom stereocenters. The Balaban J connectivity index is 2.13. The van der Waals surface area contributed by atoms with Gasteiger partial charge in [0.1, 0.15) is 0 Å². The molecule has 0 aromatic heterocycles. The van der Waals surface area contributed by atoms with E-state index in [1.54, 1.807) is 4.31 Å². The Kier molecular flexibility index (Phi) is 4.60. The maximum atomic E-state index is 12.6. The molecular weight excluding hydrogens is 254 g/mol. The number of piperidine rings is 1. The first-order chi connectivity index (χ1) is 8.55. The van der Waals surface area contributed by atoms with Gasteiger partial charge in [0.2, 0.25) is 0 Å². The summed E-state index contributed by atoms with van der Waals surface area (Å²) in [5.74, 6) is 0. The molecule has 0 saturated carbocycles. The average molecular weight is 277 g/mol. The fourth-order valence-electron chi connectivity index (χ4n) is 2.66. The first kappa shape index (κ1) is 14.2. The minimum Gasteiger partial charge on any atom is -0.376 e. The van der Waals surface area contributed by atoms with Crippen molar-refractivity contribution in [2.24, 2.45) is 5.73 Å². The molecule has 2 heterocycles. The van der Waals surface area contributed by atoms with Crippen LogP contribution in [0.5, 0.6) is 0 Å². The molecule has 7 heteroatoms. The molecule has 18 heavy (non-hydrogen) atoms. The summed E-state index contributed by atoms with van der Waals surface area (Å²) in [6.07, 6.45) is 2.83. The minimum atomic E-state index is -3.37. The van der Waals surface area contributed by atoms with Gasteiger partial charge in [-0.25, -0.2) is 0 Å². The Hall–Kier alpha value is -0.210. The zero-order valence-electron chi connectivity index (χ0n) is 10.9. The van der Waals surface area contributed by atoms with Gasteiger partial charge in [0.25, 0.3) is 10.2 Å². The van der Waals surface area contributed by atoms with Crippen LogP contribution < -0.4 is 5.73 Å². The highest BCUT2D eigenvalue weighted by Crippen LogP contribution is 2.23. The smallest absolute Gasteiger partial charge is 0.282 e. The molecule has 106 valence electrons. The monoisotopic (exact) mass is 277 g/mol. The molecule has 0 radical (unpaired) electrons. The van der Waals surface area contributed by atoms with Gasteiger partial charge in [-0.1, -0.05) is 6.42 Å². The van der Waals surface area contributed by atoms with E-state index in [0.29, 0.717) is 32.8 Å². The summed E-state index contributed by atoms with van der Waals surface area (Å²) in [5, 5.41) is 0. The normalized spacial score (nSPS) is 32.6. The second-order valence-electron chi connectivity index (χ2n) is 5.04. The number of nitrogens with two attached hydrogens (primary N) is 1. The SMILES string of the molecule is C[C@@H]1CN(S(=O)(=O)N2CCCC[C@H]2CN)CCO1. The van der Waals surface area contributed by atoms with E-state index in [1.807, 2.05) is 6.92 Å². The maximum Gasteiger partial charge on any atom is 0.282 e. The van der Waals surface area contributed by atoms with Crippen LogP contribution in [0.3, 0.4) is 0 Å². The number of hydrogen-bond acceptors (Lipinski definition) is 4. The van der Waals surface area contributed by atoms with Crippen molar-refractivity contribution in [3.63, 3.8) is 0 Å². The van der Waals surface area contributed by atoms with E-state index < -0.39 is 10.2 Å². The fourth-order valence-corrected chi connectivity index (χ4v) is 4.59. The summed E-state index contributed by atoms with van der Waals surface area (Å²) in [7, 11) is -3.37. The molecule has 2 fully saturated rings. The number of rotatable bonds is 3. The molecule has 2 aliphatic rings. The van der Waals surface area contributed by atoms with Crippen molar-refractivity contribution in [2.45, 2.75) is 38.3 Å². The third kappa shape index (κ3) is 2.85. The van der Waals surface area contributed by atoms with Gasteiger partial charge in [0, 0.05) is 32.2 Å². The number of hydrogen-bond donors (Lipinski definition) is 1. The molecule has 2 aliphatic heterocycles. The van der Waals surface area contributed by atoms with E-state index in [-0.39, 0.29) is 12.1 Å². The van der Waals surface area contributed by atoms with Crippen LogP contribution in [0.15, 0.2) is 0 Å². The molecule has 0 aromatic carbocycles. The van der Waals surface area contributed by atoms with Gasteiger partial charge in [-0.3, -0.25) is 0 Å². The van der Waals surface area contributed by atoms with Crippen LogP contribution in [0.1, 0.15) is 26.2 Å². The summed E-state index contributed by atoms with van der Waals surface area (Å²) in [6.45, 7) is 4.26. The third-order valence-electron chi connectivity index (χ3n) is 3.67. The van der Waals surface area contributed by atoms with E-state index in [4.69, 9.17) is 10.5 Å². The van der Waals surface area contributed by atoms with Gasteiger partial charge >= 0.3 is 0 Å². The quantitative estimate of drug-likeness (QED) is 0.773. The Bertz CT molecular complexity index is 374. The van der Waals surface area contributed by atoms with Gasteiger partial charge in [0.15, 0.2) is 0 Å². The molecule has 0 spiro atoms. The van der Waals surface area contributed by atoms with E-state index >= 15 is 0 Å². The summed E-state index contributed by atoms with van der Waals surface area (Å²) in [4.78, 5) is 0. The molecule has 2 N–H and O–H groups in total. The van der Waals surface area contributed by atoms with Gasteiger partial charge in [-0.2, -0.15) is 17.0 Å². The zero-order valence-corrected chi connectivity index (χ0v) is 11.7. The lowest BCUT2D eigenvalue weighted by atomic mass is 10.1. The topological polar surface area (TPSA) is 75.9 Å². The van der Waals surface area contributed by atoms with Crippen LogP contribution in [-0.2, 0) is 14.9 Å². The number of nitrogens with zero attached hydrogens (tertiary/aromatic N) is 2. The highest BCUT2D eigenvalue weighted by atomic mass is 32.2. The van der Waals surface area contributed by atoms with Gasteiger partial charge in [0.05, 0.1) is 12.7 Å². The van der Waals surface area contributed by atoms with Crippen molar-refractivity contribution in [1.29, 1.82) is 0 Å². The van der Waals surface area contributed by atoms with Crippen molar-refractivity contribution in [1.82, 2.24) is 8.61 Å². The summed E-state index contributed by atoms with van der Waals surface area (Å²) in [5.41, 5.74) is 5.70. The number of morpholine rings is 1. The molecule has 2 saturated heterocycles. The van der Waals surface area contributed by atoms with Gasteiger partial charge < -0.3 is 10.5 Å². The summed E-state index contributed by atoms with van der Waals surface area (Å²) in [6, 6.07) is -0.0399. The van der Waals surface area contributed by atoms with Crippen molar-refractivity contribution in [2.75, 3.05) is 32.8 Å². The van der Waals surface area contributed by atoms with Crippen LogP contribution in [0.4, 0.5) is 0 Å². The highest BCUT2D eigenvalue weighted by molar-refractivity contribution is 7.86. The van der Waals surface area contributed by atoms with E-state index in [1.165, 1.54) is 4.31 Å². The zero-order chi connectivity index (χ0) is 13.2. The van der Waals surface area contributed by atoms with Crippen molar-refractivity contribution < 1.29 is 13.2 Å². The van der Waals surface area contributed by atoms with Crippen molar-refractivity contribution >= 4 is 10.2 Å². The van der Waals surface area contributed by atoms with E-state index in [9.17, 15) is 8.42 Å². The molecule has 0 unspecified atom stereocenters. The maximum absolute atomic E-state index is 12.6. The Morgan fingerprint density at radius 2 is 2.11 bits per heavy atom. The van der Waals surface area contributed by atoms with Crippen LogP contribution in [0.25, 0.3) is 0 Å². The molecule has 6 nitrogen and oxygen atoms in total. The molecule has 0 amide bonds. The summed E-state index contributed by atoms with van der Waals surface area (Å²) < 4.78 is 33.7. The minimum absolute atomic E-state index is 0.0327. The summed E-state index contributed by atoms with van der Waals surface area (Å²) >= 11 is 0. The lowest BCUT2D eigenvalue weighted by molar-refractivity contribution is 0.00741. The van der Waals surface area contributed by atoms with Gasteiger partial charge in [-0.15, -0.1) is 0 Å². The Morgan fingerprint density at radius 3 is 2.78 bits per heavy atom. The van der Waals surface area contributed by atoms with Gasteiger partial charge in [-0.05, 0) is 19.8 Å². The van der Waals surface area contributed by atoms with Crippen LogP contribution >= 0.6 is 0 Å². The predicted octanol–water partition coefficient (Wildman–Crippen LogP) is -0.235. The molecule has 0 aromatic rings. The fraction of sp³-hybridized carbons (Fsp3) is 1.00. The molecule has 0 aliphatic carbocycles. The molecular formula is C11H23N3O3S. The Morgan fingerprint density at radius 1 is 1.33 bits per heavy atom. The second kappa shape index (κ2) is 5.83. The third-order valence-corrected chi connectivity index (χ3v) is 5.73. The predicted molar refractivity (Wildman–Crippen MR) is 69.3 cm³/mol. The standard InChI is InChI=1S/C11H23N3O3S/c1-10-9-13(6-7-17-10)18(15,16)14-5-3-2-4-11(14)8-12/h10-11H,2-9,12H2,1H3/t10-,11+/m1/s1. The molecule has 2 rings (SSSR count). The largest absolute Gasteiger partial charge is 0.376 e. The highest BCUT2D eigenvalue weighted by Gasteiger charge is 2.37. The second-order valence-corrected chi connectivity index (χ2v) is 6.92. The van der Waals surface area contributed by atoms with Crippen molar-refractivity contribution in [3.8, 4) is 0 Å². The molecule has 0 bridgehead atoms. The van der Waals surface area contributed by atoms with Crippen molar-refractivity contribution in [3.05, 3.63) is 0 Å². The first-order valence-corrected chi connectivity index (χ1v) is 8.04. The van der Waals surface area contributed by atoms with Crippen LogP contribution in [0.2, 0.25) is 0 Å².